The molecule has 4 nitrogen and oxygen atoms in total. The normalized spacial score (nSPS) is 28.1. The maximum Gasteiger partial charge on any atom is 0.223 e. The molecule has 0 saturated carbocycles. The zero-order valence-electron chi connectivity index (χ0n) is 12.6. The number of carbonyl (C=O) groups is 2. The lowest BCUT2D eigenvalue weighted by molar-refractivity contribution is -0.127. The Morgan fingerprint density at radius 3 is 2.85 bits per heavy atom. The van der Waals surface area contributed by atoms with Gasteiger partial charge in [0.2, 0.25) is 5.91 Å². The molecule has 0 aliphatic carbocycles. The first-order valence-corrected chi connectivity index (χ1v) is 8.63. The standard InChI is InChI=1S/C15H26N2O2S/c1-12-6-3-4-7-16(12)8-5-9-17-11-14(10-15(17)19)20-13(2)18/h12,14H,3-11H2,1-2H3. The van der Waals surface area contributed by atoms with Crippen molar-refractivity contribution in [2.45, 2.75) is 57.2 Å². The molecule has 0 spiro atoms. The maximum absolute atomic E-state index is 11.9. The highest BCUT2D eigenvalue weighted by Crippen LogP contribution is 2.24. The summed E-state index contributed by atoms with van der Waals surface area (Å²) in [7, 11) is 0. The summed E-state index contributed by atoms with van der Waals surface area (Å²) < 4.78 is 0. The molecule has 2 unspecified atom stereocenters. The Hall–Kier alpha value is -0.550. The molecule has 2 fully saturated rings. The molecule has 2 atom stereocenters. The molecule has 0 radical (unpaired) electrons. The van der Waals surface area contributed by atoms with E-state index in [1.165, 1.54) is 37.6 Å². The summed E-state index contributed by atoms with van der Waals surface area (Å²) in [5, 5.41) is 0.292. The highest BCUT2D eigenvalue weighted by atomic mass is 32.2. The molecule has 2 saturated heterocycles. The quantitative estimate of drug-likeness (QED) is 0.779. The van der Waals surface area contributed by atoms with Crippen molar-refractivity contribution < 1.29 is 9.59 Å². The Bertz CT molecular complexity index is 362. The lowest BCUT2D eigenvalue weighted by Crippen LogP contribution is -2.39. The van der Waals surface area contributed by atoms with Crippen LogP contribution in [-0.4, -0.2) is 58.3 Å². The molecule has 5 heteroatoms. The third kappa shape index (κ3) is 4.48. The third-order valence-corrected chi connectivity index (χ3v) is 5.31. The summed E-state index contributed by atoms with van der Waals surface area (Å²) >= 11 is 1.32. The van der Waals surface area contributed by atoms with Crippen LogP contribution in [0.25, 0.3) is 0 Å². The number of hydrogen-bond donors (Lipinski definition) is 0. The number of likely N-dealkylation sites (tertiary alicyclic amines) is 2. The number of rotatable bonds is 5. The molecule has 0 aromatic carbocycles. The molecular formula is C15H26N2O2S. The second kappa shape index (κ2) is 7.46. The zero-order chi connectivity index (χ0) is 14.5. The number of carbonyl (C=O) groups excluding carboxylic acids is 2. The minimum atomic E-state index is 0.117. The van der Waals surface area contributed by atoms with Gasteiger partial charge in [0.05, 0.1) is 0 Å². The monoisotopic (exact) mass is 298 g/mol. The van der Waals surface area contributed by atoms with Crippen LogP contribution in [0.2, 0.25) is 0 Å². The molecule has 20 heavy (non-hydrogen) atoms. The van der Waals surface area contributed by atoms with Crippen LogP contribution < -0.4 is 0 Å². The second-order valence-electron chi connectivity index (χ2n) is 6.01. The average molecular weight is 298 g/mol. The first kappa shape index (κ1) is 15.8. The molecule has 0 bridgehead atoms. The van der Waals surface area contributed by atoms with Gasteiger partial charge in [-0.3, -0.25) is 9.59 Å². The Kier molecular flexibility index (Phi) is 5.90. The predicted molar refractivity (Wildman–Crippen MR) is 82.8 cm³/mol. The lowest BCUT2D eigenvalue weighted by Gasteiger charge is -2.33. The van der Waals surface area contributed by atoms with E-state index in [9.17, 15) is 9.59 Å². The van der Waals surface area contributed by atoms with Gasteiger partial charge in [0.1, 0.15) is 0 Å². The van der Waals surface area contributed by atoms with Gasteiger partial charge in [-0.25, -0.2) is 0 Å². The van der Waals surface area contributed by atoms with Crippen LogP contribution >= 0.6 is 11.8 Å². The first-order valence-electron chi connectivity index (χ1n) is 7.75. The van der Waals surface area contributed by atoms with Gasteiger partial charge in [-0.15, -0.1) is 0 Å². The van der Waals surface area contributed by atoms with Gasteiger partial charge >= 0.3 is 0 Å². The minimum Gasteiger partial charge on any atom is -0.341 e. The van der Waals surface area contributed by atoms with Crippen molar-refractivity contribution in [1.29, 1.82) is 0 Å². The van der Waals surface area contributed by atoms with Gasteiger partial charge in [0.15, 0.2) is 5.12 Å². The van der Waals surface area contributed by atoms with Gasteiger partial charge in [-0.1, -0.05) is 18.2 Å². The van der Waals surface area contributed by atoms with Crippen molar-refractivity contribution in [3.05, 3.63) is 0 Å². The summed E-state index contributed by atoms with van der Waals surface area (Å²) in [5.74, 6) is 0.218. The van der Waals surface area contributed by atoms with Crippen molar-refractivity contribution in [3.8, 4) is 0 Å². The van der Waals surface area contributed by atoms with E-state index in [1.54, 1.807) is 6.92 Å². The third-order valence-electron chi connectivity index (χ3n) is 4.33. The number of piperidine rings is 1. The summed E-state index contributed by atoms with van der Waals surface area (Å²) in [4.78, 5) is 27.5. The number of amides is 1. The Labute approximate surface area is 126 Å². The van der Waals surface area contributed by atoms with Crippen molar-refractivity contribution >= 4 is 22.8 Å². The summed E-state index contributed by atoms with van der Waals surface area (Å²) in [5.41, 5.74) is 0. The highest BCUT2D eigenvalue weighted by Gasteiger charge is 2.30. The van der Waals surface area contributed by atoms with Crippen molar-refractivity contribution in [2.75, 3.05) is 26.2 Å². The molecule has 1 amide bonds. The van der Waals surface area contributed by atoms with Crippen LogP contribution in [0.3, 0.4) is 0 Å². The van der Waals surface area contributed by atoms with Crippen molar-refractivity contribution in [2.24, 2.45) is 0 Å². The van der Waals surface area contributed by atoms with E-state index in [1.807, 2.05) is 4.90 Å². The predicted octanol–water partition coefficient (Wildman–Crippen LogP) is 2.13. The molecule has 2 heterocycles. The topological polar surface area (TPSA) is 40.6 Å². The van der Waals surface area contributed by atoms with Gasteiger partial charge in [-0.05, 0) is 32.7 Å². The van der Waals surface area contributed by atoms with Gasteiger partial charge < -0.3 is 9.80 Å². The Morgan fingerprint density at radius 2 is 2.15 bits per heavy atom. The van der Waals surface area contributed by atoms with Crippen LogP contribution in [0.4, 0.5) is 0 Å². The molecule has 0 aromatic rings. The van der Waals surface area contributed by atoms with Crippen LogP contribution in [0, 0.1) is 0 Å². The summed E-state index contributed by atoms with van der Waals surface area (Å²) in [6, 6.07) is 0.694. The van der Waals surface area contributed by atoms with E-state index in [4.69, 9.17) is 0 Å². The number of hydrogen-bond acceptors (Lipinski definition) is 4. The van der Waals surface area contributed by atoms with Crippen LogP contribution in [0.15, 0.2) is 0 Å². The van der Waals surface area contributed by atoms with Crippen molar-refractivity contribution in [3.63, 3.8) is 0 Å². The number of thioether (sulfide) groups is 1. The average Bonchev–Trinajstić information content (AvgIpc) is 2.71. The Balaban J connectivity index is 1.69. The fraction of sp³-hybridized carbons (Fsp3) is 0.867. The highest BCUT2D eigenvalue weighted by molar-refractivity contribution is 8.14. The maximum atomic E-state index is 11.9. The van der Waals surface area contributed by atoms with Crippen molar-refractivity contribution in [1.82, 2.24) is 9.80 Å². The Morgan fingerprint density at radius 1 is 1.35 bits per heavy atom. The van der Waals surface area contributed by atoms with E-state index in [0.717, 1.165) is 26.1 Å². The van der Waals surface area contributed by atoms with Crippen LogP contribution in [0.1, 0.15) is 46.0 Å². The molecule has 114 valence electrons. The molecule has 2 aliphatic heterocycles. The molecule has 0 N–H and O–H groups in total. The molecule has 0 aromatic heterocycles. The fourth-order valence-corrected chi connectivity index (χ4v) is 4.17. The molecule has 2 rings (SSSR count). The van der Waals surface area contributed by atoms with E-state index in [0.29, 0.717) is 12.5 Å². The largest absolute Gasteiger partial charge is 0.341 e. The SMILES string of the molecule is CC(=O)SC1CC(=O)N(CCCN2CCCCC2C)C1. The van der Waals surface area contributed by atoms with Crippen LogP contribution in [0.5, 0.6) is 0 Å². The van der Waals surface area contributed by atoms with E-state index >= 15 is 0 Å². The molecule has 2 aliphatic rings. The van der Waals surface area contributed by atoms with Crippen LogP contribution in [-0.2, 0) is 9.59 Å². The first-order chi connectivity index (χ1) is 9.56. The summed E-state index contributed by atoms with van der Waals surface area (Å²) in [6.45, 7) is 7.78. The second-order valence-corrected chi connectivity index (χ2v) is 7.49. The number of nitrogens with zero attached hydrogens (tertiary/aromatic N) is 2. The van der Waals surface area contributed by atoms with E-state index < -0.39 is 0 Å². The van der Waals surface area contributed by atoms with E-state index in [-0.39, 0.29) is 16.3 Å². The summed E-state index contributed by atoms with van der Waals surface area (Å²) in [6.07, 6.45) is 5.55. The van der Waals surface area contributed by atoms with Gasteiger partial charge in [0.25, 0.3) is 0 Å². The smallest absolute Gasteiger partial charge is 0.223 e. The van der Waals surface area contributed by atoms with Gasteiger partial charge in [0, 0.05) is 44.3 Å². The fourth-order valence-electron chi connectivity index (χ4n) is 3.22. The van der Waals surface area contributed by atoms with E-state index in [2.05, 4.69) is 11.8 Å². The minimum absolute atomic E-state index is 0.117. The lowest BCUT2D eigenvalue weighted by atomic mass is 10.0. The van der Waals surface area contributed by atoms with Gasteiger partial charge in [-0.2, -0.15) is 0 Å². The zero-order valence-corrected chi connectivity index (χ0v) is 13.5. The molecular weight excluding hydrogens is 272 g/mol.